The summed E-state index contributed by atoms with van der Waals surface area (Å²) in [5.41, 5.74) is 0.266. The van der Waals surface area contributed by atoms with Crippen LogP contribution in [-0.4, -0.2) is 12.2 Å². The van der Waals surface area contributed by atoms with Crippen molar-refractivity contribution in [3.05, 3.63) is 34.3 Å². The van der Waals surface area contributed by atoms with E-state index in [0.717, 1.165) is 17.3 Å². The second kappa shape index (κ2) is 7.71. The molecule has 1 aromatic carbocycles. The Bertz CT molecular complexity index is 374. The van der Waals surface area contributed by atoms with Gasteiger partial charge in [-0.1, -0.05) is 28.1 Å². The van der Waals surface area contributed by atoms with Gasteiger partial charge in [0.1, 0.15) is 6.04 Å². The number of rotatable bonds is 3. The monoisotopic (exact) mass is 354 g/mol. The van der Waals surface area contributed by atoms with Crippen molar-refractivity contribution in [1.82, 2.24) is 5.32 Å². The van der Waals surface area contributed by atoms with Crippen molar-refractivity contribution in [2.24, 2.45) is 0 Å². The number of hydrogen-bond donors (Lipinski definition) is 1. The summed E-state index contributed by atoms with van der Waals surface area (Å²) in [7, 11) is 0. The number of halogens is 5. The average Bonchev–Trinajstić information content (AvgIpc) is 2.98. The standard InChI is InChI=1S/C11H11BrF3N.FH.K.H/c12-8-3-1-7(2-4-8)10(11(13,14)15)16-9-5-6-9;;;/h1-4,9-10,16H,5-6H2;1H;;/q;;+1;-1/p+1. The van der Waals surface area contributed by atoms with Crippen molar-refractivity contribution < 1.29 is 72.1 Å². The number of hydrogen-bond acceptors (Lipinski definition) is 1. The van der Waals surface area contributed by atoms with Crippen LogP contribution in [0.15, 0.2) is 28.7 Å². The molecular formula is C11H14BrF4KN+. The molecule has 0 heterocycles. The van der Waals surface area contributed by atoms with Crippen LogP contribution in [0.1, 0.15) is 27.3 Å². The molecule has 18 heavy (non-hydrogen) atoms. The molecule has 7 heteroatoms. The van der Waals surface area contributed by atoms with Gasteiger partial charge >= 0.3 is 59.0 Å². The molecule has 1 aromatic rings. The molecular weight excluding hydrogens is 341 g/mol. The Balaban J connectivity index is -0.000000722. The number of nitrogens with one attached hydrogen (secondary N) is 1. The van der Waals surface area contributed by atoms with Gasteiger partial charge in [0.25, 0.3) is 0 Å². The summed E-state index contributed by atoms with van der Waals surface area (Å²) >= 11 is 3.21. The predicted molar refractivity (Wildman–Crippen MR) is 63.8 cm³/mol. The van der Waals surface area contributed by atoms with Crippen molar-refractivity contribution in [3.63, 3.8) is 0 Å². The minimum absolute atomic E-state index is 0. The van der Waals surface area contributed by atoms with E-state index in [2.05, 4.69) is 21.2 Å². The van der Waals surface area contributed by atoms with Crippen LogP contribution in [0.3, 0.4) is 0 Å². The zero-order chi connectivity index (χ0) is 11.8. The third-order valence-corrected chi connectivity index (χ3v) is 3.04. The first-order valence-electron chi connectivity index (χ1n) is 5.05. The van der Waals surface area contributed by atoms with Crippen molar-refractivity contribution in [2.75, 3.05) is 0 Å². The van der Waals surface area contributed by atoms with Crippen LogP contribution < -0.4 is 56.7 Å². The zero-order valence-electron chi connectivity index (χ0n) is 11.8. The summed E-state index contributed by atoms with van der Waals surface area (Å²) in [6.07, 6.45) is -2.57. The minimum Gasteiger partial charge on any atom is -1.00 e. The summed E-state index contributed by atoms with van der Waals surface area (Å²) in [6.45, 7) is 0. The van der Waals surface area contributed by atoms with E-state index in [1.165, 1.54) is 12.1 Å². The van der Waals surface area contributed by atoms with Gasteiger partial charge in [-0.05, 0) is 30.5 Å². The molecule has 0 aliphatic heterocycles. The van der Waals surface area contributed by atoms with E-state index in [9.17, 15) is 13.2 Å². The first kappa shape index (κ1) is 19.0. The Morgan fingerprint density at radius 2 is 1.78 bits per heavy atom. The molecule has 1 nitrogen and oxygen atoms in total. The number of alkyl halides is 3. The van der Waals surface area contributed by atoms with E-state index in [1.807, 2.05) is 0 Å². The predicted octanol–water partition coefficient (Wildman–Crippen LogP) is 1.19. The fraction of sp³-hybridized carbons (Fsp3) is 0.455. The van der Waals surface area contributed by atoms with E-state index < -0.39 is 12.2 Å². The Kier molecular flexibility index (Phi) is 8.14. The van der Waals surface area contributed by atoms with Gasteiger partial charge in [0, 0.05) is 10.5 Å². The van der Waals surface area contributed by atoms with Crippen LogP contribution >= 0.6 is 15.9 Å². The average molecular weight is 355 g/mol. The maximum absolute atomic E-state index is 12.8. The van der Waals surface area contributed by atoms with Crippen LogP contribution in [0.5, 0.6) is 0 Å². The van der Waals surface area contributed by atoms with E-state index in [-0.39, 0.29) is 70.5 Å². The topological polar surface area (TPSA) is 12.0 Å². The maximum Gasteiger partial charge on any atom is 1.00 e. The fourth-order valence-electron chi connectivity index (χ4n) is 1.52. The molecule has 0 bridgehead atoms. The van der Waals surface area contributed by atoms with Crippen molar-refractivity contribution in [1.29, 1.82) is 0 Å². The third kappa shape index (κ3) is 5.56. The first-order valence-corrected chi connectivity index (χ1v) is 5.84. The normalized spacial score (nSPS) is 16.4. The van der Waals surface area contributed by atoms with Crippen LogP contribution in [0, 0.1) is 0 Å². The largest absolute Gasteiger partial charge is 1.00 e. The van der Waals surface area contributed by atoms with Gasteiger partial charge in [-0.3, -0.25) is 10.0 Å². The molecule has 98 valence electrons. The Morgan fingerprint density at radius 3 is 2.17 bits per heavy atom. The minimum atomic E-state index is -4.24. The second-order valence-electron chi connectivity index (χ2n) is 3.97. The van der Waals surface area contributed by atoms with Crippen molar-refractivity contribution in [2.45, 2.75) is 31.1 Å². The van der Waals surface area contributed by atoms with Crippen LogP contribution in [0.4, 0.5) is 17.9 Å². The molecule has 0 spiro atoms. The van der Waals surface area contributed by atoms with Crippen LogP contribution in [0.2, 0.25) is 0 Å². The van der Waals surface area contributed by atoms with Gasteiger partial charge in [0.05, 0.1) is 0 Å². The van der Waals surface area contributed by atoms with Gasteiger partial charge in [-0.15, -0.1) is 0 Å². The van der Waals surface area contributed by atoms with Gasteiger partial charge in [0.15, 0.2) is 0 Å². The zero-order valence-corrected chi connectivity index (χ0v) is 14.5. The summed E-state index contributed by atoms with van der Waals surface area (Å²) in [5.74, 6) is 0. The molecule has 0 amide bonds. The fourth-order valence-corrected chi connectivity index (χ4v) is 1.78. The van der Waals surface area contributed by atoms with Crippen LogP contribution in [0.25, 0.3) is 0 Å². The molecule has 1 saturated carbocycles. The molecule has 1 unspecified atom stereocenters. The molecule has 0 radical (unpaired) electrons. The number of benzene rings is 1. The second-order valence-corrected chi connectivity index (χ2v) is 4.88. The molecule has 1 aliphatic rings. The van der Waals surface area contributed by atoms with Crippen LogP contribution in [-0.2, 0) is 0 Å². The summed E-state index contributed by atoms with van der Waals surface area (Å²) in [6, 6.07) is 4.73. The quantitative estimate of drug-likeness (QED) is 0.635. The van der Waals surface area contributed by atoms with Gasteiger partial charge < -0.3 is 1.43 Å². The summed E-state index contributed by atoms with van der Waals surface area (Å²) in [5, 5.41) is 2.63. The third-order valence-electron chi connectivity index (χ3n) is 2.51. The van der Waals surface area contributed by atoms with E-state index >= 15 is 0 Å². The van der Waals surface area contributed by atoms with E-state index in [1.54, 1.807) is 12.1 Å². The Labute approximate surface area is 157 Å². The Morgan fingerprint density at radius 1 is 1.28 bits per heavy atom. The van der Waals surface area contributed by atoms with E-state index in [4.69, 9.17) is 0 Å². The molecule has 2 rings (SSSR count). The van der Waals surface area contributed by atoms with Gasteiger partial charge in [-0.2, -0.15) is 13.2 Å². The van der Waals surface area contributed by atoms with Crippen molar-refractivity contribution >= 4 is 15.9 Å². The van der Waals surface area contributed by atoms with Crippen molar-refractivity contribution in [3.8, 4) is 0 Å². The van der Waals surface area contributed by atoms with Gasteiger partial charge in [0.2, 0.25) is 0 Å². The molecule has 1 fully saturated rings. The molecule has 1 N–H and O–H groups in total. The van der Waals surface area contributed by atoms with E-state index in [0.29, 0.717) is 0 Å². The summed E-state index contributed by atoms with van der Waals surface area (Å²) < 4.78 is 39.2. The molecule has 0 aromatic heterocycles. The van der Waals surface area contributed by atoms with Gasteiger partial charge in [-0.25, -0.2) is 0 Å². The maximum atomic E-state index is 12.8. The first-order chi connectivity index (χ1) is 7.47. The smallest absolute Gasteiger partial charge is 1.00 e. The Hall–Kier alpha value is 1.02. The molecule has 0 saturated heterocycles. The molecule has 1 aliphatic carbocycles. The summed E-state index contributed by atoms with van der Waals surface area (Å²) in [4.78, 5) is 0. The molecule has 1 atom stereocenters. The SMILES string of the molecule is F.FC(F)(F)C(NC1CC1)c1ccc(Br)cc1.[H+].[H-].[K+].